The number of hydrogen-bond donors (Lipinski definition) is 0. The number of benzene rings is 2. The molecule has 0 N–H and O–H groups in total. The predicted octanol–water partition coefficient (Wildman–Crippen LogP) is 3.21. The fraction of sp³-hybridized carbons (Fsp3) is 0.143. The highest BCUT2D eigenvalue weighted by Gasteiger charge is 2.02. The molecule has 0 unspecified atom stereocenters. The molecular weight excluding hydrogens is 219 g/mol. The van der Waals surface area contributed by atoms with Crippen molar-refractivity contribution in [3.8, 4) is 11.5 Å². The van der Waals surface area contributed by atoms with E-state index < -0.39 is 0 Å². The molecule has 0 aliphatic carbocycles. The van der Waals surface area contributed by atoms with E-state index in [0.717, 1.165) is 5.56 Å². The van der Waals surface area contributed by atoms with Gasteiger partial charge in [0.1, 0.15) is 12.4 Å². The average molecular weight is 231 g/mol. The fourth-order valence-electron chi connectivity index (χ4n) is 1.42. The molecule has 0 saturated carbocycles. The molecule has 17 heavy (non-hydrogen) atoms. The van der Waals surface area contributed by atoms with Crippen LogP contribution in [0.25, 0.3) is 0 Å². The maximum absolute atomic E-state index is 12.7. The quantitative estimate of drug-likeness (QED) is 0.804. The summed E-state index contributed by atoms with van der Waals surface area (Å²) >= 11 is 0. The van der Waals surface area contributed by atoms with Gasteiger partial charge in [-0.05, 0) is 35.9 Å². The monoisotopic (exact) mass is 231 g/mol. The van der Waals surface area contributed by atoms with E-state index in [1.165, 1.54) is 12.1 Å². The third-order valence-electron chi connectivity index (χ3n) is 2.32. The van der Waals surface area contributed by atoms with E-state index in [2.05, 4.69) is 6.07 Å². The van der Waals surface area contributed by atoms with Gasteiger partial charge in [0.05, 0.1) is 7.11 Å². The van der Waals surface area contributed by atoms with Gasteiger partial charge in [-0.15, -0.1) is 0 Å². The second-order valence-electron chi connectivity index (χ2n) is 3.49. The first-order valence-corrected chi connectivity index (χ1v) is 5.21. The van der Waals surface area contributed by atoms with Crippen LogP contribution < -0.4 is 9.47 Å². The Balaban J connectivity index is 2.04. The number of hydrogen-bond acceptors (Lipinski definition) is 2. The molecule has 0 aliphatic rings. The minimum atomic E-state index is -0.249. The van der Waals surface area contributed by atoms with Crippen molar-refractivity contribution in [2.24, 2.45) is 0 Å². The van der Waals surface area contributed by atoms with Crippen LogP contribution in [-0.4, -0.2) is 7.11 Å². The van der Waals surface area contributed by atoms with Gasteiger partial charge in [0, 0.05) is 0 Å². The molecule has 2 rings (SSSR count). The van der Waals surface area contributed by atoms with Crippen LogP contribution in [0, 0.1) is 11.9 Å². The largest absolute Gasteiger partial charge is 0.493 e. The summed E-state index contributed by atoms with van der Waals surface area (Å²) in [6, 6.07) is 14.3. The zero-order valence-corrected chi connectivity index (χ0v) is 9.44. The lowest BCUT2D eigenvalue weighted by Crippen LogP contribution is -1.97. The van der Waals surface area contributed by atoms with Crippen LogP contribution in [0.2, 0.25) is 0 Å². The van der Waals surface area contributed by atoms with Gasteiger partial charge in [0.25, 0.3) is 0 Å². The Labute approximate surface area is 99.6 Å². The number of halogens is 1. The first-order valence-electron chi connectivity index (χ1n) is 5.21. The second kappa shape index (κ2) is 5.34. The van der Waals surface area contributed by atoms with Crippen LogP contribution in [0.4, 0.5) is 4.39 Å². The first-order chi connectivity index (χ1) is 8.29. The van der Waals surface area contributed by atoms with Gasteiger partial charge < -0.3 is 9.47 Å². The summed E-state index contributed by atoms with van der Waals surface area (Å²) in [7, 11) is 1.58. The molecule has 1 radical (unpaired) electrons. The van der Waals surface area contributed by atoms with Crippen molar-refractivity contribution in [3.05, 3.63) is 59.9 Å². The standard InChI is InChI=1S/C14H12FO2/c1-16-13-4-2-3-5-14(13)17-10-11-6-8-12(15)9-7-11/h3-9H,10H2,1H3. The summed E-state index contributed by atoms with van der Waals surface area (Å²) in [6.45, 7) is 0.376. The molecule has 0 spiro atoms. The van der Waals surface area contributed by atoms with Crippen LogP contribution >= 0.6 is 0 Å². The van der Waals surface area contributed by atoms with E-state index in [4.69, 9.17) is 9.47 Å². The molecule has 0 amide bonds. The highest BCUT2D eigenvalue weighted by Crippen LogP contribution is 2.26. The van der Waals surface area contributed by atoms with E-state index >= 15 is 0 Å². The van der Waals surface area contributed by atoms with Crippen LogP contribution in [0.3, 0.4) is 0 Å². The van der Waals surface area contributed by atoms with Crippen molar-refractivity contribution in [2.45, 2.75) is 6.61 Å². The molecule has 2 aromatic carbocycles. The normalized spacial score (nSPS) is 10.0. The van der Waals surface area contributed by atoms with Gasteiger partial charge in [-0.2, -0.15) is 0 Å². The molecule has 0 aliphatic heterocycles. The lowest BCUT2D eigenvalue weighted by molar-refractivity contribution is 0.284. The summed E-state index contributed by atoms with van der Waals surface area (Å²) in [6.07, 6.45) is 0. The molecule has 0 atom stereocenters. The highest BCUT2D eigenvalue weighted by molar-refractivity contribution is 5.39. The maximum atomic E-state index is 12.7. The minimum Gasteiger partial charge on any atom is -0.493 e. The van der Waals surface area contributed by atoms with Crippen LogP contribution in [0.1, 0.15) is 5.56 Å². The summed E-state index contributed by atoms with van der Waals surface area (Å²) in [4.78, 5) is 0. The summed E-state index contributed by atoms with van der Waals surface area (Å²) in [5.74, 6) is 1.03. The van der Waals surface area contributed by atoms with Crippen molar-refractivity contribution in [3.63, 3.8) is 0 Å². The summed E-state index contributed by atoms with van der Waals surface area (Å²) in [5.41, 5.74) is 0.904. The zero-order chi connectivity index (χ0) is 12.1. The average Bonchev–Trinajstić information content (AvgIpc) is 2.38. The van der Waals surface area contributed by atoms with E-state index in [1.54, 1.807) is 37.4 Å². The minimum absolute atomic E-state index is 0.249. The number of methoxy groups -OCH3 is 1. The van der Waals surface area contributed by atoms with Gasteiger partial charge in [-0.1, -0.05) is 18.2 Å². The smallest absolute Gasteiger partial charge is 0.161 e. The molecule has 2 aromatic rings. The third-order valence-corrected chi connectivity index (χ3v) is 2.32. The Morgan fingerprint density at radius 1 is 1.12 bits per heavy atom. The van der Waals surface area contributed by atoms with Crippen molar-refractivity contribution in [1.82, 2.24) is 0 Å². The molecule has 0 heterocycles. The lowest BCUT2D eigenvalue weighted by atomic mass is 10.2. The fourth-order valence-corrected chi connectivity index (χ4v) is 1.42. The SMILES string of the molecule is COc1c[c]ccc1OCc1ccc(F)cc1. The molecule has 87 valence electrons. The highest BCUT2D eigenvalue weighted by atomic mass is 19.1. The van der Waals surface area contributed by atoms with Crippen LogP contribution in [-0.2, 0) is 6.61 Å². The van der Waals surface area contributed by atoms with Crippen molar-refractivity contribution in [2.75, 3.05) is 7.11 Å². The topological polar surface area (TPSA) is 18.5 Å². The first kappa shape index (κ1) is 11.5. The Morgan fingerprint density at radius 3 is 2.59 bits per heavy atom. The molecule has 0 fully saturated rings. The predicted molar refractivity (Wildman–Crippen MR) is 62.6 cm³/mol. The van der Waals surface area contributed by atoms with E-state index in [9.17, 15) is 4.39 Å². The Kier molecular flexibility index (Phi) is 3.60. The van der Waals surface area contributed by atoms with Gasteiger partial charge in [0.15, 0.2) is 11.5 Å². The second-order valence-corrected chi connectivity index (χ2v) is 3.49. The molecule has 3 heteroatoms. The third kappa shape index (κ3) is 2.97. The van der Waals surface area contributed by atoms with Crippen molar-refractivity contribution in [1.29, 1.82) is 0 Å². The molecule has 2 nitrogen and oxygen atoms in total. The lowest BCUT2D eigenvalue weighted by Gasteiger charge is -2.09. The summed E-state index contributed by atoms with van der Waals surface area (Å²) < 4.78 is 23.4. The van der Waals surface area contributed by atoms with Gasteiger partial charge >= 0.3 is 0 Å². The van der Waals surface area contributed by atoms with Gasteiger partial charge in [-0.3, -0.25) is 0 Å². The van der Waals surface area contributed by atoms with Gasteiger partial charge in [0.2, 0.25) is 0 Å². The van der Waals surface area contributed by atoms with Crippen LogP contribution in [0.5, 0.6) is 11.5 Å². The molecular formula is C14H12FO2. The van der Waals surface area contributed by atoms with E-state index in [1.807, 2.05) is 0 Å². The Bertz CT molecular complexity index is 480. The Hall–Kier alpha value is -2.03. The zero-order valence-electron chi connectivity index (χ0n) is 9.44. The number of ether oxygens (including phenoxy) is 2. The van der Waals surface area contributed by atoms with E-state index in [-0.39, 0.29) is 5.82 Å². The van der Waals surface area contributed by atoms with Crippen molar-refractivity contribution >= 4 is 0 Å². The van der Waals surface area contributed by atoms with Crippen molar-refractivity contribution < 1.29 is 13.9 Å². The maximum Gasteiger partial charge on any atom is 0.161 e. The number of rotatable bonds is 4. The molecule has 0 saturated heterocycles. The summed E-state index contributed by atoms with van der Waals surface area (Å²) in [5, 5.41) is 0. The Morgan fingerprint density at radius 2 is 1.88 bits per heavy atom. The molecule has 0 aromatic heterocycles. The van der Waals surface area contributed by atoms with E-state index in [0.29, 0.717) is 18.1 Å². The van der Waals surface area contributed by atoms with Gasteiger partial charge in [-0.25, -0.2) is 4.39 Å². The van der Waals surface area contributed by atoms with Crippen LogP contribution in [0.15, 0.2) is 42.5 Å². The molecule has 0 bridgehead atoms.